The predicted octanol–water partition coefficient (Wildman–Crippen LogP) is 0.235. The number of para-hydroxylation sites is 1. The van der Waals surface area contributed by atoms with E-state index in [1.54, 1.807) is 6.20 Å². The number of benzene rings is 1. The van der Waals surface area contributed by atoms with Crippen LogP contribution in [0.15, 0.2) is 30.5 Å². The Kier molecular flexibility index (Phi) is 3.10. The molecule has 2 aromatic rings. The van der Waals surface area contributed by atoms with Gasteiger partial charge in [-0.15, -0.1) is 0 Å². The Morgan fingerprint density at radius 1 is 1.21 bits per heavy atom. The van der Waals surface area contributed by atoms with E-state index >= 15 is 0 Å². The van der Waals surface area contributed by atoms with Gasteiger partial charge in [-0.05, 0) is 6.07 Å². The Bertz CT molecular complexity index is 592. The molecule has 19 heavy (non-hydrogen) atoms. The zero-order valence-electron chi connectivity index (χ0n) is 10.5. The quantitative estimate of drug-likeness (QED) is 0.719. The standard InChI is InChI=1S/C14H17N3O2/c15-5-9-6-16-11-4-2-1-3-10(11)14(9)17-7-12(18)13(19)8-17/h1-4,6,12-13,18-19H,5,7-8,15H2. The number of rotatable bonds is 2. The van der Waals surface area contributed by atoms with E-state index in [2.05, 4.69) is 4.98 Å². The second kappa shape index (κ2) is 4.77. The second-order valence-corrected chi connectivity index (χ2v) is 4.89. The zero-order chi connectivity index (χ0) is 13.4. The minimum absolute atomic E-state index is 0.385. The molecule has 0 saturated carbocycles. The normalized spacial score (nSPS) is 23.2. The van der Waals surface area contributed by atoms with Crippen LogP contribution < -0.4 is 10.6 Å². The second-order valence-electron chi connectivity index (χ2n) is 4.89. The monoisotopic (exact) mass is 259 g/mol. The summed E-state index contributed by atoms with van der Waals surface area (Å²) in [7, 11) is 0. The average molecular weight is 259 g/mol. The number of hydrogen-bond acceptors (Lipinski definition) is 5. The molecule has 1 aliphatic heterocycles. The van der Waals surface area contributed by atoms with Crippen LogP contribution in [0, 0.1) is 0 Å². The third-order valence-corrected chi connectivity index (χ3v) is 3.62. The van der Waals surface area contributed by atoms with E-state index in [1.807, 2.05) is 29.2 Å². The lowest BCUT2D eigenvalue weighted by atomic mass is 10.1. The topological polar surface area (TPSA) is 82.6 Å². The van der Waals surface area contributed by atoms with E-state index in [0.29, 0.717) is 19.6 Å². The third kappa shape index (κ3) is 2.06. The van der Waals surface area contributed by atoms with Gasteiger partial charge in [0.05, 0.1) is 23.4 Å². The lowest BCUT2D eigenvalue weighted by Crippen LogP contribution is -2.23. The fourth-order valence-electron chi connectivity index (χ4n) is 2.64. The molecule has 4 N–H and O–H groups in total. The molecule has 2 atom stereocenters. The molecular formula is C14H17N3O2. The van der Waals surface area contributed by atoms with Crippen LogP contribution in [-0.2, 0) is 6.54 Å². The van der Waals surface area contributed by atoms with Crippen molar-refractivity contribution in [3.8, 4) is 0 Å². The maximum atomic E-state index is 9.73. The van der Waals surface area contributed by atoms with Crippen molar-refractivity contribution in [1.82, 2.24) is 4.98 Å². The first-order valence-electron chi connectivity index (χ1n) is 6.38. The number of nitrogens with zero attached hydrogens (tertiary/aromatic N) is 2. The van der Waals surface area contributed by atoms with E-state index < -0.39 is 12.2 Å². The number of nitrogens with two attached hydrogens (primary N) is 1. The average Bonchev–Trinajstić information content (AvgIpc) is 2.77. The van der Waals surface area contributed by atoms with Crippen molar-refractivity contribution < 1.29 is 10.2 Å². The smallest absolute Gasteiger partial charge is 0.0990 e. The maximum absolute atomic E-state index is 9.73. The summed E-state index contributed by atoms with van der Waals surface area (Å²) in [5.74, 6) is 0. The first kappa shape index (κ1) is 12.3. The lowest BCUT2D eigenvalue weighted by molar-refractivity contribution is 0.0572. The third-order valence-electron chi connectivity index (χ3n) is 3.62. The molecule has 2 unspecified atom stereocenters. The minimum Gasteiger partial charge on any atom is -0.389 e. The number of hydrogen-bond donors (Lipinski definition) is 3. The number of aliphatic hydroxyl groups is 2. The molecular weight excluding hydrogens is 242 g/mol. The van der Waals surface area contributed by atoms with Gasteiger partial charge in [-0.3, -0.25) is 4.98 Å². The van der Waals surface area contributed by atoms with Gasteiger partial charge in [0, 0.05) is 36.8 Å². The Morgan fingerprint density at radius 3 is 2.58 bits per heavy atom. The van der Waals surface area contributed by atoms with Gasteiger partial charge in [-0.1, -0.05) is 18.2 Å². The van der Waals surface area contributed by atoms with Crippen LogP contribution in [0.1, 0.15) is 5.56 Å². The van der Waals surface area contributed by atoms with E-state index in [9.17, 15) is 10.2 Å². The van der Waals surface area contributed by atoms with Crippen molar-refractivity contribution in [2.45, 2.75) is 18.8 Å². The fourth-order valence-corrected chi connectivity index (χ4v) is 2.64. The van der Waals surface area contributed by atoms with Crippen molar-refractivity contribution in [1.29, 1.82) is 0 Å². The number of pyridine rings is 1. The molecule has 1 aliphatic rings. The molecule has 5 heteroatoms. The summed E-state index contributed by atoms with van der Waals surface area (Å²) in [6.45, 7) is 1.22. The maximum Gasteiger partial charge on any atom is 0.0990 e. The molecule has 0 bridgehead atoms. The summed E-state index contributed by atoms with van der Waals surface area (Å²) in [6, 6.07) is 7.83. The predicted molar refractivity (Wildman–Crippen MR) is 73.9 cm³/mol. The molecule has 1 aromatic heterocycles. The molecule has 5 nitrogen and oxygen atoms in total. The van der Waals surface area contributed by atoms with Crippen LogP contribution in [-0.4, -0.2) is 40.5 Å². The minimum atomic E-state index is -0.711. The van der Waals surface area contributed by atoms with Crippen LogP contribution in [0.4, 0.5) is 5.69 Å². The Morgan fingerprint density at radius 2 is 1.89 bits per heavy atom. The molecule has 1 aromatic carbocycles. The Balaban J connectivity index is 2.15. The lowest BCUT2D eigenvalue weighted by Gasteiger charge is -2.22. The van der Waals surface area contributed by atoms with Gasteiger partial charge in [0.25, 0.3) is 0 Å². The summed E-state index contributed by atoms with van der Waals surface area (Å²) < 4.78 is 0. The zero-order valence-corrected chi connectivity index (χ0v) is 10.5. The van der Waals surface area contributed by atoms with Crippen molar-refractivity contribution >= 4 is 16.6 Å². The Labute approximate surface area is 111 Å². The number of anilines is 1. The summed E-state index contributed by atoms with van der Waals surface area (Å²) in [5.41, 5.74) is 8.59. The highest BCUT2D eigenvalue weighted by molar-refractivity contribution is 5.93. The number of aromatic nitrogens is 1. The summed E-state index contributed by atoms with van der Waals surface area (Å²) in [6.07, 6.45) is 0.351. The van der Waals surface area contributed by atoms with Gasteiger partial charge in [-0.2, -0.15) is 0 Å². The van der Waals surface area contributed by atoms with Crippen molar-refractivity contribution in [2.24, 2.45) is 5.73 Å². The number of β-amino-alcohol motifs (C(OH)–C–C–N with tert-alkyl or cyclic N) is 2. The molecule has 0 spiro atoms. The highest BCUT2D eigenvalue weighted by Crippen LogP contribution is 2.31. The van der Waals surface area contributed by atoms with Gasteiger partial charge >= 0.3 is 0 Å². The number of aliphatic hydroxyl groups excluding tert-OH is 2. The first-order chi connectivity index (χ1) is 9.20. The van der Waals surface area contributed by atoms with E-state index in [1.165, 1.54) is 0 Å². The molecule has 0 aliphatic carbocycles. The summed E-state index contributed by atoms with van der Waals surface area (Å²) >= 11 is 0. The largest absolute Gasteiger partial charge is 0.389 e. The van der Waals surface area contributed by atoms with E-state index in [-0.39, 0.29) is 0 Å². The molecule has 1 fully saturated rings. The van der Waals surface area contributed by atoms with Gasteiger partial charge in [0.1, 0.15) is 0 Å². The van der Waals surface area contributed by atoms with E-state index in [4.69, 9.17) is 5.73 Å². The Hall–Kier alpha value is -1.69. The highest BCUT2D eigenvalue weighted by Gasteiger charge is 2.31. The fraction of sp³-hybridized carbons (Fsp3) is 0.357. The van der Waals surface area contributed by atoms with Crippen molar-refractivity contribution in [3.05, 3.63) is 36.0 Å². The molecule has 0 amide bonds. The molecule has 100 valence electrons. The van der Waals surface area contributed by atoms with E-state index in [0.717, 1.165) is 22.2 Å². The van der Waals surface area contributed by atoms with Gasteiger partial charge in [0.15, 0.2) is 0 Å². The van der Waals surface area contributed by atoms with Crippen LogP contribution in [0.3, 0.4) is 0 Å². The summed E-state index contributed by atoms with van der Waals surface area (Å²) in [5, 5.41) is 20.5. The van der Waals surface area contributed by atoms with Gasteiger partial charge < -0.3 is 20.8 Å². The highest BCUT2D eigenvalue weighted by atomic mass is 16.3. The molecule has 0 radical (unpaired) electrons. The van der Waals surface area contributed by atoms with Crippen LogP contribution in [0.2, 0.25) is 0 Å². The first-order valence-corrected chi connectivity index (χ1v) is 6.38. The molecule has 2 heterocycles. The molecule has 1 saturated heterocycles. The van der Waals surface area contributed by atoms with Crippen LogP contribution in [0.5, 0.6) is 0 Å². The summed E-state index contributed by atoms with van der Waals surface area (Å²) in [4.78, 5) is 6.38. The van der Waals surface area contributed by atoms with Gasteiger partial charge in [0.2, 0.25) is 0 Å². The van der Waals surface area contributed by atoms with Crippen LogP contribution in [0.25, 0.3) is 10.9 Å². The van der Waals surface area contributed by atoms with Crippen LogP contribution >= 0.6 is 0 Å². The van der Waals surface area contributed by atoms with Crippen molar-refractivity contribution in [3.63, 3.8) is 0 Å². The number of fused-ring (bicyclic) bond motifs is 1. The SMILES string of the molecule is NCc1cnc2ccccc2c1N1CC(O)C(O)C1. The van der Waals surface area contributed by atoms with Gasteiger partial charge in [-0.25, -0.2) is 0 Å². The molecule has 3 rings (SSSR count). The van der Waals surface area contributed by atoms with Crippen molar-refractivity contribution in [2.75, 3.05) is 18.0 Å².